The van der Waals surface area contributed by atoms with Crippen molar-refractivity contribution in [2.24, 2.45) is 0 Å². The molecule has 100 valence electrons. The van der Waals surface area contributed by atoms with Crippen LogP contribution in [0, 0.1) is 6.92 Å². The van der Waals surface area contributed by atoms with E-state index in [0.717, 1.165) is 23.7 Å². The lowest BCUT2D eigenvalue weighted by atomic mass is 10.2. The standard InChI is InChI=1S/C11H17N3O2S2/c1-3-8(10-12-7(2)16-14-10)13-11(15)9-6-17-4-5-18-9/h8-9H,3-6H2,1-2H3,(H,13,15)/t8-,9+/m1/s1. The van der Waals surface area contributed by atoms with Crippen molar-refractivity contribution in [3.05, 3.63) is 11.7 Å². The maximum absolute atomic E-state index is 12.1. The van der Waals surface area contributed by atoms with Crippen LogP contribution in [0.25, 0.3) is 0 Å². The van der Waals surface area contributed by atoms with Crippen molar-refractivity contribution >= 4 is 29.4 Å². The molecule has 18 heavy (non-hydrogen) atoms. The third-order valence-electron chi connectivity index (χ3n) is 2.69. The monoisotopic (exact) mass is 287 g/mol. The number of carbonyl (C=O) groups is 1. The predicted octanol–water partition coefficient (Wildman–Crippen LogP) is 1.79. The van der Waals surface area contributed by atoms with E-state index in [1.54, 1.807) is 18.7 Å². The van der Waals surface area contributed by atoms with Gasteiger partial charge in [0.1, 0.15) is 0 Å². The molecule has 1 aliphatic heterocycles. The molecule has 0 aromatic carbocycles. The van der Waals surface area contributed by atoms with Gasteiger partial charge in [0, 0.05) is 24.2 Å². The third-order valence-corrected chi connectivity index (χ3v) is 5.44. The normalized spacial score (nSPS) is 21.6. The Morgan fingerprint density at radius 3 is 3.00 bits per heavy atom. The second kappa shape index (κ2) is 6.47. The van der Waals surface area contributed by atoms with Gasteiger partial charge in [-0.05, 0) is 6.42 Å². The minimum atomic E-state index is -0.150. The molecule has 2 rings (SSSR count). The summed E-state index contributed by atoms with van der Waals surface area (Å²) in [5.74, 6) is 4.24. The van der Waals surface area contributed by atoms with Crippen molar-refractivity contribution in [2.75, 3.05) is 17.3 Å². The quantitative estimate of drug-likeness (QED) is 0.910. The molecule has 0 saturated carbocycles. The molecule has 1 N–H and O–H groups in total. The minimum absolute atomic E-state index is 0.0470. The van der Waals surface area contributed by atoms with Gasteiger partial charge in [0.25, 0.3) is 0 Å². The number of carbonyl (C=O) groups excluding carboxylic acids is 1. The van der Waals surface area contributed by atoms with E-state index in [9.17, 15) is 4.79 Å². The fourth-order valence-electron chi connectivity index (χ4n) is 1.71. The predicted molar refractivity (Wildman–Crippen MR) is 73.8 cm³/mol. The van der Waals surface area contributed by atoms with Gasteiger partial charge >= 0.3 is 0 Å². The molecular formula is C11H17N3O2S2. The molecular weight excluding hydrogens is 270 g/mol. The number of aryl methyl sites for hydroxylation is 1. The average Bonchev–Trinajstić information content (AvgIpc) is 2.83. The number of hydrogen-bond donors (Lipinski definition) is 1. The summed E-state index contributed by atoms with van der Waals surface area (Å²) in [5.41, 5.74) is 0. The Balaban J connectivity index is 1.95. The number of hydrogen-bond acceptors (Lipinski definition) is 6. The summed E-state index contributed by atoms with van der Waals surface area (Å²) in [7, 11) is 0. The molecule has 2 heterocycles. The van der Waals surface area contributed by atoms with Gasteiger partial charge in [-0.1, -0.05) is 12.1 Å². The molecule has 1 saturated heterocycles. The van der Waals surface area contributed by atoms with Gasteiger partial charge in [-0.25, -0.2) is 0 Å². The van der Waals surface area contributed by atoms with Gasteiger partial charge in [0.05, 0.1) is 11.3 Å². The highest BCUT2D eigenvalue weighted by atomic mass is 32.2. The van der Waals surface area contributed by atoms with Crippen molar-refractivity contribution in [1.29, 1.82) is 0 Å². The maximum atomic E-state index is 12.1. The van der Waals surface area contributed by atoms with Crippen molar-refractivity contribution in [3.8, 4) is 0 Å². The Kier molecular flexibility index (Phi) is 4.94. The molecule has 5 nitrogen and oxygen atoms in total. The van der Waals surface area contributed by atoms with Crippen LogP contribution in [-0.4, -0.2) is 38.6 Å². The molecule has 0 bridgehead atoms. The van der Waals surface area contributed by atoms with Gasteiger partial charge in [0.15, 0.2) is 5.82 Å². The Morgan fingerprint density at radius 1 is 1.61 bits per heavy atom. The summed E-state index contributed by atoms with van der Waals surface area (Å²) < 4.78 is 4.95. The number of nitrogens with zero attached hydrogens (tertiary/aromatic N) is 2. The Labute approximate surface area is 115 Å². The molecule has 1 amide bonds. The van der Waals surface area contributed by atoms with Crippen LogP contribution in [0.1, 0.15) is 31.1 Å². The zero-order valence-corrected chi connectivity index (χ0v) is 12.1. The fraction of sp³-hybridized carbons (Fsp3) is 0.727. The molecule has 1 fully saturated rings. The summed E-state index contributed by atoms with van der Waals surface area (Å²) in [6, 6.07) is -0.150. The molecule has 7 heteroatoms. The summed E-state index contributed by atoms with van der Waals surface area (Å²) in [6.45, 7) is 3.75. The average molecular weight is 287 g/mol. The lowest BCUT2D eigenvalue weighted by molar-refractivity contribution is -0.121. The van der Waals surface area contributed by atoms with Crippen LogP contribution in [0.4, 0.5) is 0 Å². The highest BCUT2D eigenvalue weighted by Gasteiger charge is 2.25. The molecule has 0 spiro atoms. The van der Waals surface area contributed by atoms with Crippen molar-refractivity contribution < 1.29 is 9.32 Å². The first-order valence-electron chi connectivity index (χ1n) is 6.00. The number of amides is 1. The van der Waals surface area contributed by atoms with Crippen LogP contribution in [0.3, 0.4) is 0 Å². The summed E-state index contributed by atoms with van der Waals surface area (Å²) in [5, 5.41) is 6.93. The first kappa shape index (κ1) is 13.7. The lowest BCUT2D eigenvalue weighted by Gasteiger charge is -2.22. The molecule has 0 unspecified atom stereocenters. The van der Waals surface area contributed by atoms with Crippen LogP contribution >= 0.6 is 23.5 Å². The van der Waals surface area contributed by atoms with E-state index in [1.807, 2.05) is 18.7 Å². The topological polar surface area (TPSA) is 68.0 Å². The maximum Gasteiger partial charge on any atom is 0.234 e. The van der Waals surface area contributed by atoms with Gasteiger partial charge in [0.2, 0.25) is 11.8 Å². The van der Waals surface area contributed by atoms with E-state index >= 15 is 0 Å². The Bertz CT molecular complexity index is 405. The lowest BCUT2D eigenvalue weighted by Crippen LogP contribution is -2.38. The van der Waals surface area contributed by atoms with E-state index in [-0.39, 0.29) is 17.2 Å². The number of aromatic nitrogens is 2. The molecule has 2 atom stereocenters. The van der Waals surface area contributed by atoms with Gasteiger partial charge in [-0.3, -0.25) is 4.79 Å². The smallest absolute Gasteiger partial charge is 0.234 e. The zero-order chi connectivity index (χ0) is 13.0. The number of rotatable bonds is 4. The molecule has 1 aromatic rings. The van der Waals surface area contributed by atoms with Gasteiger partial charge in [-0.15, -0.1) is 11.8 Å². The first-order chi connectivity index (χ1) is 8.70. The van der Waals surface area contributed by atoms with Crippen LogP contribution < -0.4 is 5.32 Å². The fourth-order valence-corrected chi connectivity index (χ4v) is 4.28. The SMILES string of the molecule is CC[C@@H](NC(=O)[C@@H]1CSCCS1)c1noc(C)n1. The van der Waals surface area contributed by atoms with E-state index < -0.39 is 0 Å². The molecule has 0 radical (unpaired) electrons. The molecule has 1 aliphatic rings. The van der Waals surface area contributed by atoms with Gasteiger partial charge < -0.3 is 9.84 Å². The highest BCUT2D eigenvalue weighted by molar-refractivity contribution is 8.07. The third kappa shape index (κ3) is 3.41. The number of nitrogens with one attached hydrogen (secondary N) is 1. The highest BCUT2D eigenvalue weighted by Crippen LogP contribution is 2.25. The van der Waals surface area contributed by atoms with Crippen molar-refractivity contribution in [3.63, 3.8) is 0 Å². The van der Waals surface area contributed by atoms with Crippen molar-refractivity contribution in [1.82, 2.24) is 15.5 Å². The zero-order valence-electron chi connectivity index (χ0n) is 10.5. The van der Waals surface area contributed by atoms with E-state index in [1.165, 1.54) is 0 Å². The Morgan fingerprint density at radius 2 is 2.44 bits per heavy atom. The minimum Gasteiger partial charge on any atom is -0.345 e. The molecule has 1 aromatic heterocycles. The second-order valence-electron chi connectivity index (χ2n) is 4.08. The number of thioether (sulfide) groups is 2. The largest absolute Gasteiger partial charge is 0.345 e. The first-order valence-corrected chi connectivity index (χ1v) is 8.21. The van der Waals surface area contributed by atoms with Gasteiger partial charge in [-0.2, -0.15) is 16.7 Å². The van der Waals surface area contributed by atoms with Crippen LogP contribution in [-0.2, 0) is 4.79 Å². The van der Waals surface area contributed by atoms with Crippen LogP contribution in [0.2, 0.25) is 0 Å². The molecule has 0 aliphatic carbocycles. The second-order valence-corrected chi connectivity index (χ2v) is 6.54. The van der Waals surface area contributed by atoms with E-state index in [4.69, 9.17) is 4.52 Å². The van der Waals surface area contributed by atoms with E-state index in [2.05, 4.69) is 15.5 Å². The summed E-state index contributed by atoms with van der Waals surface area (Å²) >= 11 is 3.56. The van der Waals surface area contributed by atoms with Crippen molar-refractivity contribution in [2.45, 2.75) is 31.6 Å². The van der Waals surface area contributed by atoms with Crippen LogP contribution in [0.15, 0.2) is 4.52 Å². The van der Waals surface area contributed by atoms with Crippen LogP contribution in [0.5, 0.6) is 0 Å². The Hall–Kier alpha value is -0.690. The summed E-state index contributed by atoms with van der Waals surface area (Å²) in [6.07, 6.45) is 0.759. The summed E-state index contributed by atoms with van der Waals surface area (Å²) in [4.78, 5) is 16.3. The van der Waals surface area contributed by atoms with E-state index in [0.29, 0.717) is 11.7 Å².